The Morgan fingerprint density at radius 2 is 2.13 bits per heavy atom. The van der Waals surface area contributed by atoms with Gasteiger partial charge in [-0.05, 0) is 12.1 Å². The minimum absolute atomic E-state index is 0.176. The summed E-state index contributed by atoms with van der Waals surface area (Å²) in [5.41, 5.74) is 0.407. The molecule has 2 nitrogen and oxygen atoms in total. The lowest BCUT2D eigenvalue weighted by atomic mass is 10.2. The molecule has 0 saturated heterocycles. The Morgan fingerprint density at radius 3 is 2.73 bits per heavy atom. The first-order chi connectivity index (χ1) is 7.22. The fraction of sp³-hybridized carbons (Fsp3) is 0.100. The van der Waals surface area contributed by atoms with E-state index in [4.69, 9.17) is 16.7 Å². The molecule has 0 aliphatic rings. The smallest absolute Gasteiger partial charge is 0.146 e. The molecule has 15 heavy (non-hydrogen) atoms. The molecule has 2 rings (SSSR count). The van der Waals surface area contributed by atoms with Gasteiger partial charge in [0.2, 0.25) is 0 Å². The van der Waals surface area contributed by atoms with Gasteiger partial charge in [0.15, 0.2) is 0 Å². The van der Waals surface area contributed by atoms with E-state index < -0.39 is 0 Å². The molecule has 0 aliphatic carbocycles. The number of benzene rings is 1. The third kappa shape index (κ3) is 2.02. The van der Waals surface area contributed by atoms with Crippen LogP contribution in [0.25, 0.3) is 10.6 Å². The predicted molar refractivity (Wildman–Crippen MR) is 58.4 cm³/mol. The molecule has 0 amide bonds. The molecule has 2 aromatic rings. The lowest BCUT2D eigenvalue weighted by molar-refractivity contribution is 0.285. The van der Waals surface area contributed by atoms with Crippen LogP contribution in [0.15, 0.2) is 24.3 Å². The molecule has 1 aromatic carbocycles. The molecule has 0 spiro atoms. The van der Waals surface area contributed by atoms with Gasteiger partial charge in [-0.25, -0.2) is 9.37 Å². The molecule has 1 heterocycles. The molecule has 0 fully saturated rings. The molecule has 0 atom stereocenters. The molecule has 1 N–H and O–H groups in total. The summed E-state index contributed by atoms with van der Waals surface area (Å²) >= 11 is 6.96. The second-order valence-electron chi connectivity index (χ2n) is 2.87. The predicted octanol–water partition coefficient (Wildman–Crippen LogP) is 3.09. The van der Waals surface area contributed by atoms with Crippen molar-refractivity contribution in [2.45, 2.75) is 6.61 Å². The van der Waals surface area contributed by atoms with Gasteiger partial charge in [-0.2, -0.15) is 0 Å². The Hall–Kier alpha value is -0.970. The third-order valence-electron chi connectivity index (χ3n) is 1.90. The summed E-state index contributed by atoms with van der Waals surface area (Å²) in [5.74, 6) is -0.340. The average molecular weight is 244 g/mol. The maximum atomic E-state index is 13.4. The number of halogens is 2. The van der Waals surface area contributed by atoms with Crippen molar-refractivity contribution in [2.24, 2.45) is 0 Å². The summed E-state index contributed by atoms with van der Waals surface area (Å²) in [6.45, 7) is -0.176. The van der Waals surface area contributed by atoms with Crippen LogP contribution in [0.5, 0.6) is 0 Å². The number of aromatic nitrogens is 1. The average Bonchev–Trinajstić information content (AvgIpc) is 2.60. The van der Waals surface area contributed by atoms with Crippen LogP contribution < -0.4 is 0 Å². The van der Waals surface area contributed by atoms with E-state index in [0.717, 1.165) is 0 Å². The van der Waals surface area contributed by atoms with Crippen molar-refractivity contribution in [3.05, 3.63) is 40.1 Å². The van der Waals surface area contributed by atoms with Crippen LogP contribution in [0.3, 0.4) is 0 Å². The monoisotopic (exact) mass is 243 g/mol. The number of thiazole rings is 1. The summed E-state index contributed by atoms with van der Waals surface area (Å²) in [4.78, 5) is 4.55. The summed E-state index contributed by atoms with van der Waals surface area (Å²) < 4.78 is 13.4. The zero-order valence-corrected chi connectivity index (χ0v) is 9.15. The SMILES string of the molecule is OCc1sc(-c2ccccc2F)nc1Cl. The minimum Gasteiger partial charge on any atom is -0.391 e. The van der Waals surface area contributed by atoms with Crippen LogP contribution in [0.4, 0.5) is 4.39 Å². The fourth-order valence-corrected chi connectivity index (χ4v) is 2.33. The highest BCUT2D eigenvalue weighted by molar-refractivity contribution is 7.15. The van der Waals surface area contributed by atoms with Gasteiger partial charge in [0.05, 0.1) is 11.5 Å². The standard InChI is InChI=1S/C10H7ClFNOS/c11-9-8(5-14)15-10(13-9)6-3-1-2-4-7(6)12/h1-4,14H,5H2. The zero-order chi connectivity index (χ0) is 10.8. The molecular weight excluding hydrogens is 237 g/mol. The number of rotatable bonds is 2. The number of aliphatic hydroxyl groups excluding tert-OH is 1. The van der Waals surface area contributed by atoms with Gasteiger partial charge in [-0.3, -0.25) is 0 Å². The quantitative estimate of drug-likeness (QED) is 0.879. The van der Waals surface area contributed by atoms with Crippen molar-refractivity contribution < 1.29 is 9.50 Å². The van der Waals surface area contributed by atoms with E-state index >= 15 is 0 Å². The van der Waals surface area contributed by atoms with E-state index in [1.807, 2.05) is 0 Å². The van der Waals surface area contributed by atoms with Gasteiger partial charge in [0.1, 0.15) is 16.0 Å². The van der Waals surface area contributed by atoms with E-state index in [1.165, 1.54) is 17.4 Å². The van der Waals surface area contributed by atoms with Gasteiger partial charge < -0.3 is 5.11 Å². The molecule has 5 heteroatoms. The summed E-state index contributed by atoms with van der Waals surface area (Å²) in [5, 5.41) is 9.67. The highest BCUT2D eigenvalue weighted by Crippen LogP contribution is 2.31. The lowest BCUT2D eigenvalue weighted by Gasteiger charge is -1.96. The van der Waals surface area contributed by atoms with Crippen molar-refractivity contribution in [3.63, 3.8) is 0 Å². The summed E-state index contributed by atoms with van der Waals surface area (Å²) in [6, 6.07) is 6.34. The van der Waals surface area contributed by atoms with E-state index in [2.05, 4.69) is 4.98 Å². The fourth-order valence-electron chi connectivity index (χ4n) is 1.18. The molecule has 0 unspecified atom stereocenters. The number of aliphatic hydroxyl groups is 1. The maximum Gasteiger partial charge on any atom is 0.146 e. The van der Waals surface area contributed by atoms with Crippen molar-refractivity contribution in [1.29, 1.82) is 0 Å². The lowest BCUT2D eigenvalue weighted by Crippen LogP contribution is -1.81. The second-order valence-corrected chi connectivity index (χ2v) is 4.31. The Labute approximate surface area is 95.0 Å². The normalized spacial score (nSPS) is 10.6. The van der Waals surface area contributed by atoms with Gasteiger partial charge in [0, 0.05) is 5.56 Å². The molecule has 0 aliphatic heterocycles. The third-order valence-corrected chi connectivity index (χ3v) is 3.40. The first kappa shape index (κ1) is 10.5. The van der Waals surface area contributed by atoms with Crippen LogP contribution >= 0.6 is 22.9 Å². The van der Waals surface area contributed by atoms with Gasteiger partial charge in [-0.1, -0.05) is 23.7 Å². The highest BCUT2D eigenvalue weighted by atomic mass is 35.5. The number of hydrogen-bond donors (Lipinski definition) is 1. The van der Waals surface area contributed by atoms with E-state index in [0.29, 0.717) is 15.4 Å². The largest absolute Gasteiger partial charge is 0.391 e. The van der Waals surface area contributed by atoms with E-state index in [9.17, 15) is 4.39 Å². The maximum absolute atomic E-state index is 13.4. The molecular formula is C10H7ClFNOS. The zero-order valence-electron chi connectivity index (χ0n) is 7.58. The van der Waals surface area contributed by atoms with Crippen molar-refractivity contribution in [2.75, 3.05) is 0 Å². The first-order valence-corrected chi connectivity index (χ1v) is 5.43. The van der Waals surface area contributed by atoms with Gasteiger partial charge in [-0.15, -0.1) is 11.3 Å². The number of nitrogens with zero attached hydrogens (tertiary/aromatic N) is 1. The van der Waals surface area contributed by atoms with E-state index in [-0.39, 0.29) is 17.6 Å². The minimum atomic E-state index is -0.340. The van der Waals surface area contributed by atoms with E-state index in [1.54, 1.807) is 18.2 Å². The van der Waals surface area contributed by atoms with Crippen molar-refractivity contribution in [1.82, 2.24) is 4.98 Å². The molecule has 0 radical (unpaired) electrons. The van der Waals surface area contributed by atoms with Crippen LogP contribution in [0.1, 0.15) is 4.88 Å². The highest BCUT2D eigenvalue weighted by Gasteiger charge is 2.12. The second kappa shape index (κ2) is 4.26. The van der Waals surface area contributed by atoms with Crippen molar-refractivity contribution >= 4 is 22.9 Å². The Balaban J connectivity index is 2.50. The Kier molecular flexibility index (Phi) is 3.00. The Morgan fingerprint density at radius 1 is 1.40 bits per heavy atom. The molecule has 1 aromatic heterocycles. The molecule has 0 bridgehead atoms. The van der Waals surface area contributed by atoms with Crippen LogP contribution in [-0.2, 0) is 6.61 Å². The molecule has 78 valence electrons. The Bertz CT molecular complexity index is 486. The van der Waals surface area contributed by atoms with Gasteiger partial charge >= 0.3 is 0 Å². The summed E-state index contributed by atoms with van der Waals surface area (Å²) in [6.07, 6.45) is 0. The van der Waals surface area contributed by atoms with Crippen LogP contribution in [0.2, 0.25) is 5.15 Å². The van der Waals surface area contributed by atoms with Crippen LogP contribution in [0, 0.1) is 5.82 Å². The molecule has 0 saturated carbocycles. The topological polar surface area (TPSA) is 33.1 Å². The van der Waals surface area contributed by atoms with Gasteiger partial charge in [0.25, 0.3) is 0 Å². The number of hydrogen-bond acceptors (Lipinski definition) is 3. The van der Waals surface area contributed by atoms with Crippen molar-refractivity contribution in [3.8, 4) is 10.6 Å². The van der Waals surface area contributed by atoms with Crippen LogP contribution in [-0.4, -0.2) is 10.1 Å². The first-order valence-electron chi connectivity index (χ1n) is 4.23. The summed E-state index contributed by atoms with van der Waals surface area (Å²) in [7, 11) is 0.